The lowest BCUT2D eigenvalue weighted by atomic mass is 10.2. The number of aryl methyl sites for hydroxylation is 1. The third-order valence-electron chi connectivity index (χ3n) is 3.70. The van der Waals surface area contributed by atoms with Crippen LogP contribution < -0.4 is 9.46 Å². The van der Waals surface area contributed by atoms with Gasteiger partial charge in [0, 0.05) is 14.1 Å². The topological polar surface area (TPSA) is 92.8 Å². The van der Waals surface area contributed by atoms with Gasteiger partial charge in [0.05, 0.1) is 18.6 Å². The molecule has 2 aromatic rings. The summed E-state index contributed by atoms with van der Waals surface area (Å²) >= 11 is 0. The van der Waals surface area contributed by atoms with Crippen molar-refractivity contribution in [2.75, 3.05) is 31.7 Å². The second-order valence-corrected chi connectivity index (χ2v) is 9.77. The Morgan fingerprint density at radius 3 is 2.23 bits per heavy atom. The molecule has 0 fully saturated rings. The van der Waals surface area contributed by atoms with Crippen LogP contribution in [0.2, 0.25) is 0 Å². The van der Waals surface area contributed by atoms with E-state index in [2.05, 4.69) is 4.72 Å². The molecule has 0 amide bonds. The molecule has 0 radical (unpaired) electrons. The summed E-state index contributed by atoms with van der Waals surface area (Å²) in [5, 5.41) is 0. The molecule has 0 aromatic heterocycles. The number of benzene rings is 2. The molecule has 0 atom stereocenters. The number of rotatable bonds is 8. The van der Waals surface area contributed by atoms with Crippen molar-refractivity contribution in [3.8, 4) is 5.75 Å². The highest BCUT2D eigenvalue weighted by atomic mass is 32.2. The van der Waals surface area contributed by atoms with Crippen LogP contribution >= 0.6 is 0 Å². The maximum atomic E-state index is 12.4. The van der Waals surface area contributed by atoms with E-state index in [0.717, 1.165) is 9.87 Å². The lowest BCUT2D eigenvalue weighted by Crippen LogP contribution is -2.23. The Labute approximate surface area is 154 Å². The summed E-state index contributed by atoms with van der Waals surface area (Å²) in [5.74, 6) is 0.0321. The van der Waals surface area contributed by atoms with Gasteiger partial charge in [0.25, 0.3) is 0 Å². The van der Waals surface area contributed by atoms with Crippen LogP contribution in [0.4, 0.5) is 5.69 Å². The quantitative estimate of drug-likeness (QED) is 0.733. The largest absolute Gasteiger partial charge is 0.495 e. The highest BCUT2D eigenvalue weighted by molar-refractivity contribution is 7.92. The highest BCUT2D eigenvalue weighted by Gasteiger charge is 2.23. The summed E-state index contributed by atoms with van der Waals surface area (Å²) in [6, 6.07) is 13.4. The van der Waals surface area contributed by atoms with E-state index >= 15 is 0 Å². The summed E-state index contributed by atoms with van der Waals surface area (Å²) < 4.78 is 58.0. The van der Waals surface area contributed by atoms with Crippen LogP contribution in [0.3, 0.4) is 0 Å². The van der Waals surface area contributed by atoms with Gasteiger partial charge in [-0.3, -0.25) is 4.72 Å². The molecule has 1 N–H and O–H groups in total. The molecule has 26 heavy (non-hydrogen) atoms. The standard InChI is InChI=1S/C17H22N2O5S2/c1-19(2)26(22,23)17-13-15(9-10-16(17)24-3)18-25(20,21)12-11-14-7-5-4-6-8-14/h4-10,13,18H,11-12H2,1-3H3. The van der Waals surface area contributed by atoms with Crippen molar-refractivity contribution in [2.24, 2.45) is 0 Å². The zero-order chi connectivity index (χ0) is 19.4. The molecule has 0 saturated heterocycles. The van der Waals surface area contributed by atoms with Gasteiger partial charge >= 0.3 is 0 Å². The first-order valence-corrected chi connectivity index (χ1v) is 10.9. The molecule has 0 heterocycles. The first-order valence-electron chi connectivity index (χ1n) is 7.81. The molecule has 2 aromatic carbocycles. The third kappa shape index (κ3) is 4.96. The van der Waals surface area contributed by atoms with Crippen LogP contribution in [0.15, 0.2) is 53.4 Å². The number of sulfonamides is 2. The van der Waals surface area contributed by atoms with Crippen molar-refractivity contribution in [1.82, 2.24) is 4.31 Å². The summed E-state index contributed by atoms with van der Waals surface area (Å²) in [5.41, 5.74) is 1.07. The molecule has 0 aliphatic heterocycles. The second kappa shape index (κ2) is 8.07. The Hall–Kier alpha value is -2.10. The number of nitrogens with zero attached hydrogens (tertiary/aromatic N) is 1. The minimum Gasteiger partial charge on any atom is -0.495 e. The lowest BCUT2D eigenvalue weighted by molar-refractivity contribution is 0.400. The molecular formula is C17H22N2O5S2. The summed E-state index contributed by atoms with van der Waals surface area (Å²) in [6.45, 7) is 0. The first kappa shape index (κ1) is 20.2. The summed E-state index contributed by atoms with van der Waals surface area (Å²) in [6.07, 6.45) is 0.356. The number of anilines is 1. The number of methoxy groups -OCH3 is 1. The smallest absolute Gasteiger partial charge is 0.246 e. The fourth-order valence-electron chi connectivity index (χ4n) is 2.27. The van der Waals surface area contributed by atoms with Crippen molar-refractivity contribution < 1.29 is 21.6 Å². The SMILES string of the molecule is COc1ccc(NS(=O)(=O)CCc2ccccc2)cc1S(=O)(=O)N(C)C. The predicted molar refractivity (Wildman–Crippen MR) is 101 cm³/mol. The van der Waals surface area contributed by atoms with E-state index in [4.69, 9.17) is 4.74 Å². The zero-order valence-electron chi connectivity index (χ0n) is 14.8. The normalized spacial score (nSPS) is 12.2. The maximum Gasteiger partial charge on any atom is 0.246 e. The second-order valence-electron chi connectivity index (χ2n) is 5.81. The molecule has 7 nitrogen and oxygen atoms in total. The van der Waals surface area contributed by atoms with E-state index in [1.54, 1.807) is 0 Å². The van der Waals surface area contributed by atoms with E-state index in [1.165, 1.54) is 39.4 Å². The molecule has 2 rings (SSSR count). The van der Waals surface area contributed by atoms with E-state index < -0.39 is 20.0 Å². The van der Waals surface area contributed by atoms with Gasteiger partial charge in [0.2, 0.25) is 20.0 Å². The molecule has 0 aliphatic carbocycles. The molecule has 0 spiro atoms. The fourth-order valence-corrected chi connectivity index (χ4v) is 4.43. The van der Waals surface area contributed by atoms with Crippen LogP contribution in [0, 0.1) is 0 Å². The number of ether oxygens (including phenoxy) is 1. The van der Waals surface area contributed by atoms with Crippen LogP contribution in [0.5, 0.6) is 5.75 Å². The van der Waals surface area contributed by atoms with E-state index in [9.17, 15) is 16.8 Å². The van der Waals surface area contributed by atoms with E-state index in [1.807, 2.05) is 30.3 Å². The van der Waals surface area contributed by atoms with Gasteiger partial charge in [-0.1, -0.05) is 30.3 Å². The maximum absolute atomic E-state index is 12.4. The molecule has 9 heteroatoms. The van der Waals surface area contributed by atoms with Crippen molar-refractivity contribution in [2.45, 2.75) is 11.3 Å². The fraction of sp³-hybridized carbons (Fsp3) is 0.294. The molecule has 0 unspecified atom stereocenters. The Morgan fingerprint density at radius 1 is 1.00 bits per heavy atom. The molecular weight excluding hydrogens is 376 g/mol. The van der Waals surface area contributed by atoms with Gasteiger partial charge in [0.1, 0.15) is 10.6 Å². The monoisotopic (exact) mass is 398 g/mol. The lowest BCUT2D eigenvalue weighted by Gasteiger charge is -2.16. The Morgan fingerprint density at radius 2 is 1.65 bits per heavy atom. The molecule has 142 valence electrons. The number of hydrogen-bond donors (Lipinski definition) is 1. The minimum absolute atomic E-state index is 0.103. The van der Waals surface area contributed by atoms with Gasteiger partial charge in [-0.15, -0.1) is 0 Å². The zero-order valence-corrected chi connectivity index (χ0v) is 16.5. The summed E-state index contributed by atoms with van der Waals surface area (Å²) in [7, 11) is -3.27. The van der Waals surface area contributed by atoms with E-state index in [-0.39, 0.29) is 22.1 Å². The highest BCUT2D eigenvalue weighted by Crippen LogP contribution is 2.29. The van der Waals surface area contributed by atoms with Crippen LogP contribution in [0.1, 0.15) is 5.56 Å². The third-order valence-corrected chi connectivity index (χ3v) is 6.82. The van der Waals surface area contributed by atoms with Gasteiger partial charge in [-0.05, 0) is 30.2 Å². The van der Waals surface area contributed by atoms with Crippen LogP contribution in [0.25, 0.3) is 0 Å². The first-order chi connectivity index (χ1) is 12.2. The number of hydrogen-bond acceptors (Lipinski definition) is 5. The molecule has 0 bridgehead atoms. The predicted octanol–water partition coefficient (Wildman–Crippen LogP) is 1.93. The van der Waals surface area contributed by atoms with Gasteiger partial charge < -0.3 is 4.74 Å². The molecule has 0 aliphatic rings. The van der Waals surface area contributed by atoms with E-state index in [0.29, 0.717) is 6.42 Å². The van der Waals surface area contributed by atoms with Crippen molar-refractivity contribution in [1.29, 1.82) is 0 Å². The Balaban J connectivity index is 2.23. The van der Waals surface area contributed by atoms with Gasteiger partial charge in [0.15, 0.2) is 0 Å². The Bertz CT molecular complexity index is 956. The average Bonchev–Trinajstić information content (AvgIpc) is 2.60. The van der Waals surface area contributed by atoms with Crippen molar-refractivity contribution in [3.05, 3.63) is 54.1 Å². The van der Waals surface area contributed by atoms with Crippen LogP contribution in [-0.2, 0) is 26.5 Å². The summed E-state index contributed by atoms with van der Waals surface area (Å²) in [4.78, 5) is -0.103. The Kier molecular flexibility index (Phi) is 6.27. The molecule has 0 saturated carbocycles. The minimum atomic E-state index is -3.78. The van der Waals surface area contributed by atoms with Crippen molar-refractivity contribution in [3.63, 3.8) is 0 Å². The van der Waals surface area contributed by atoms with Gasteiger partial charge in [-0.2, -0.15) is 0 Å². The van der Waals surface area contributed by atoms with Crippen molar-refractivity contribution >= 4 is 25.7 Å². The average molecular weight is 399 g/mol. The van der Waals surface area contributed by atoms with Crippen LogP contribution in [-0.4, -0.2) is 48.1 Å². The number of nitrogens with one attached hydrogen (secondary N) is 1. The van der Waals surface area contributed by atoms with Gasteiger partial charge in [-0.25, -0.2) is 21.1 Å².